The van der Waals surface area contributed by atoms with E-state index < -0.39 is 5.97 Å². The van der Waals surface area contributed by atoms with Crippen LogP contribution in [-0.2, 0) is 9.53 Å². The van der Waals surface area contributed by atoms with Crippen LogP contribution >= 0.6 is 0 Å². The zero-order valence-electron chi connectivity index (χ0n) is 11.5. The summed E-state index contributed by atoms with van der Waals surface area (Å²) < 4.78 is 9.89. The molecule has 1 rings (SSSR count). The summed E-state index contributed by atoms with van der Waals surface area (Å²) in [6.45, 7) is 0.263. The predicted molar refractivity (Wildman–Crippen MR) is 71.1 cm³/mol. The summed E-state index contributed by atoms with van der Waals surface area (Å²) in [4.78, 5) is 24.3. The van der Waals surface area contributed by atoms with Crippen molar-refractivity contribution < 1.29 is 19.1 Å². The molecule has 0 heterocycles. The van der Waals surface area contributed by atoms with Crippen molar-refractivity contribution in [1.82, 2.24) is 4.90 Å². The second kappa shape index (κ2) is 7.79. The topological polar surface area (TPSA) is 79.6 Å². The molecule has 6 heteroatoms. The first-order chi connectivity index (χ1) is 9.58. The molecule has 0 aliphatic rings. The highest BCUT2D eigenvalue weighted by molar-refractivity contribution is 5.89. The average Bonchev–Trinajstić information content (AvgIpc) is 2.49. The molecule has 1 amide bonds. The van der Waals surface area contributed by atoms with Crippen LogP contribution in [0.1, 0.15) is 16.8 Å². The fraction of sp³-hybridized carbons (Fsp3) is 0.357. The Bertz CT molecular complexity index is 505. The molecule has 0 radical (unpaired) electrons. The molecule has 0 aliphatic carbocycles. The molecule has 0 aromatic heterocycles. The minimum atomic E-state index is -0.427. The van der Waals surface area contributed by atoms with E-state index in [-0.39, 0.29) is 18.9 Å². The lowest BCUT2D eigenvalue weighted by atomic mass is 10.2. The summed E-state index contributed by atoms with van der Waals surface area (Å²) in [7, 11) is 2.92. The number of esters is 1. The van der Waals surface area contributed by atoms with Crippen LogP contribution in [0.3, 0.4) is 0 Å². The number of amides is 1. The molecule has 1 aromatic rings. The number of benzene rings is 1. The summed E-state index contributed by atoms with van der Waals surface area (Å²) in [5, 5.41) is 8.44. The number of hydrogen-bond acceptors (Lipinski definition) is 5. The van der Waals surface area contributed by atoms with Gasteiger partial charge in [-0.15, -0.1) is 0 Å². The van der Waals surface area contributed by atoms with Crippen LogP contribution in [-0.4, -0.2) is 44.1 Å². The molecule has 0 aliphatic heterocycles. The van der Waals surface area contributed by atoms with E-state index in [9.17, 15) is 9.59 Å². The summed E-state index contributed by atoms with van der Waals surface area (Å²) in [6.07, 6.45) is 0.288. The van der Waals surface area contributed by atoms with Crippen molar-refractivity contribution in [2.24, 2.45) is 0 Å². The molecule has 0 unspecified atom stereocenters. The quantitative estimate of drug-likeness (QED) is 0.730. The van der Waals surface area contributed by atoms with Gasteiger partial charge in [-0.05, 0) is 24.3 Å². The van der Waals surface area contributed by atoms with Gasteiger partial charge in [0.25, 0.3) is 5.91 Å². The van der Waals surface area contributed by atoms with E-state index >= 15 is 0 Å². The molecule has 0 atom stereocenters. The van der Waals surface area contributed by atoms with E-state index in [2.05, 4.69) is 4.74 Å². The normalized spacial score (nSPS) is 9.45. The van der Waals surface area contributed by atoms with Crippen molar-refractivity contribution in [3.05, 3.63) is 29.8 Å². The molecule has 0 bridgehead atoms. The SMILES string of the molecule is COC(=O)c1ccc(OCC(=O)N(C)CCC#N)cc1. The van der Waals surface area contributed by atoms with Crippen molar-refractivity contribution in [2.75, 3.05) is 27.3 Å². The molecule has 20 heavy (non-hydrogen) atoms. The Hall–Kier alpha value is -2.55. The highest BCUT2D eigenvalue weighted by Gasteiger charge is 2.10. The first kappa shape index (κ1) is 15.5. The van der Waals surface area contributed by atoms with E-state index in [1.807, 2.05) is 6.07 Å². The minimum absolute atomic E-state index is 0.112. The third-order valence-corrected chi connectivity index (χ3v) is 2.62. The molecule has 1 aromatic carbocycles. The number of nitrogens with zero attached hydrogens (tertiary/aromatic N) is 2. The largest absolute Gasteiger partial charge is 0.484 e. The molecule has 0 spiro atoms. The van der Waals surface area contributed by atoms with Crippen LogP contribution in [0, 0.1) is 11.3 Å². The molecule has 6 nitrogen and oxygen atoms in total. The van der Waals surface area contributed by atoms with Gasteiger partial charge < -0.3 is 14.4 Å². The molecular weight excluding hydrogens is 260 g/mol. The number of rotatable bonds is 6. The lowest BCUT2D eigenvalue weighted by molar-refractivity contribution is -0.131. The minimum Gasteiger partial charge on any atom is -0.484 e. The lowest BCUT2D eigenvalue weighted by Crippen LogP contribution is -2.32. The standard InChI is InChI=1S/C14H16N2O4/c1-16(9-3-8-15)13(17)10-20-12-6-4-11(5-7-12)14(18)19-2/h4-7H,3,9-10H2,1-2H3. The Morgan fingerprint density at radius 2 is 1.95 bits per heavy atom. The number of nitriles is 1. The number of ether oxygens (including phenoxy) is 2. The van der Waals surface area contributed by atoms with Crippen LogP contribution in [0.25, 0.3) is 0 Å². The van der Waals surface area contributed by atoms with Gasteiger partial charge in [0.2, 0.25) is 0 Å². The van der Waals surface area contributed by atoms with Crippen LogP contribution in [0.4, 0.5) is 0 Å². The maximum absolute atomic E-state index is 11.7. The molecule has 0 fully saturated rings. The summed E-state index contributed by atoms with van der Waals surface area (Å²) in [5.41, 5.74) is 0.414. The van der Waals surface area contributed by atoms with Gasteiger partial charge >= 0.3 is 5.97 Å². The van der Waals surface area contributed by atoms with E-state index in [1.165, 1.54) is 12.0 Å². The Balaban J connectivity index is 2.48. The zero-order chi connectivity index (χ0) is 15.0. The maximum atomic E-state index is 11.7. The van der Waals surface area contributed by atoms with Crippen molar-refractivity contribution in [2.45, 2.75) is 6.42 Å². The Kier molecular flexibility index (Phi) is 6.04. The number of likely N-dealkylation sites (N-methyl/N-ethyl adjacent to an activating group) is 1. The van der Waals surface area contributed by atoms with Gasteiger partial charge in [-0.1, -0.05) is 0 Å². The van der Waals surface area contributed by atoms with E-state index in [4.69, 9.17) is 10.00 Å². The van der Waals surface area contributed by atoms with Gasteiger partial charge in [0.1, 0.15) is 5.75 Å². The first-order valence-corrected chi connectivity index (χ1v) is 6.00. The summed E-state index contributed by atoms with van der Waals surface area (Å²) >= 11 is 0. The van der Waals surface area contributed by atoms with Crippen molar-refractivity contribution >= 4 is 11.9 Å². The molecule has 106 valence electrons. The number of carbonyl (C=O) groups is 2. The van der Waals surface area contributed by atoms with Crippen molar-refractivity contribution in [3.8, 4) is 11.8 Å². The lowest BCUT2D eigenvalue weighted by Gasteiger charge is -2.15. The van der Waals surface area contributed by atoms with Gasteiger partial charge in [-0.25, -0.2) is 4.79 Å². The van der Waals surface area contributed by atoms with Crippen molar-refractivity contribution in [1.29, 1.82) is 5.26 Å². The predicted octanol–water partition coefficient (Wildman–Crippen LogP) is 1.22. The monoisotopic (exact) mass is 276 g/mol. The van der Waals surface area contributed by atoms with E-state index in [1.54, 1.807) is 31.3 Å². The smallest absolute Gasteiger partial charge is 0.337 e. The molecule has 0 N–H and O–H groups in total. The Labute approximate surface area is 117 Å². The average molecular weight is 276 g/mol. The van der Waals surface area contributed by atoms with Crippen LogP contribution in [0.15, 0.2) is 24.3 Å². The third-order valence-electron chi connectivity index (χ3n) is 2.62. The zero-order valence-corrected chi connectivity index (χ0v) is 11.5. The van der Waals surface area contributed by atoms with Gasteiger partial charge in [-0.2, -0.15) is 5.26 Å². The van der Waals surface area contributed by atoms with Gasteiger partial charge in [0.05, 0.1) is 25.2 Å². The molecular formula is C14H16N2O4. The van der Waals surface area contributed by atoms with Crippen LogP contribution in [0.2, 0.25) is 0 Å². The molecule has 0 saturated heterocycles. The highest BCUT2D eigenvalue weighted by atomic mass is 16.5. The van der Waals surface area contributed by atoms with E-state index in [0.29, 0.717) is 17.9 Å². The number of methoxy groups -OCH3 is 1. The van der Waals surface area contributed by atoms with Crippen LogP contribution in [0.5, 0.6) is 5.75 Å². The maximum Gasteiger partial charge on any atom is 0.337 e. The second-order valence-electron chi connectivity index (χ2n) is 4.03. The van der Waals surface area contributed by atoms with Crippen LogP contribution < -0.4 is 4.74 Å². The van der Waals surface area contributed by atoms with Gasteiger partial charge in [-0.3, -0.25) is 4.79 Å². The van der Waals surface area contributed by atoms with E-state index in [0.717, 1.165) is 0 Å². The van der Waals surface area contributed by atoms with Crippen molar-refractivity contribution in [3.63, 3.8) is 0 Å². The second-order valence-corrected chi connectivity index (χ2v) is 4.03. The Morgan fingerprint density at radius 3 is 2.50 bits per heavy atom. The fourth-order valence-corrected chi connectivity index (χ4v) is 1.40. The highest BCUT2D eigenvalue weighted by Crippen LogP contribution is 2.12. The Morgan fingerprint density at radius 1 is 1.30 bits per heavy atom. The van der Waals surface area contributed by atoms with Gasteiger partial charge in [0.15, 0.2) is 6.61 Å². The fourth-order valence-electron chi connectivity index (χ4n) is 1.40. The number of carbonyl (C=O) groups excluding carboxylic acids is 2. The van der Waals surface area contributed by atoms with Gasteiger partial charge in [0, 0.05) is 13.6 Å². The summed E-state index contributed by atoms with van der Waals surface area (Å²) in [5.74, 6) is -0.152. The third kappa shape index (κ3) is 4.61. The first-order valence-electron chi connectivity index (χ1n) is 6.00. The summed E-state index contributed by atoms with van der Waals surface area (Å²) in [6, 6.07) is 8.28. The number of hydrogen-bond donors (Lipinski definition) is 0. The molecule has 0 saturated carbocycles.